The van der Waals surface area contributed by atoms with Gasteiger partial charge in [-0.25, -0.2) is 9.78 Å². The van der Waals surface area contributed by atoms with Gasteiger partial charge in [-0.3, -0.25) is 5.10 Å². The third-order valence-corrected chi connectivity index (χ3v) is 5.57. The van der Waals surface area contributed by atoms with Crippen molar-refractivity contribution in [1.29, 1.82) is 0 Å². The van der Waals surface area contributed by atoms with E-state index in [9.17, 15) is 4.79 Å². The molecule has 2 N–H and O–H groups in total. The van der Waals surface area contributed by atoms with Crippen LogP contribution in [-0.2, 0) is 6.54 Å². The van der Waals surface area contributed by atoms with Crippen molar-refractivity contribution in [3.8, 4) is 5.69 Å². The van der Waals surface area contributed by atoms with Crippen LogP contribution in [0.15, 0.2) is 42.9 Å². The average Bonchev–Trinajstić information content (AvgIpc) is 3.35. The molecule has 146 valence electrons. The van der Waals surface area contributed by atoms with E-state index in [2.05, 4.69) is 39.6 Å². The Bertz CT molecular complexity index is 934. The minimum Gasteiger partial charge on any atom is -0.334 e. The fraction of sp³-hybridized carbons (Fsp3) is 0.381. The Kier molecular flexibility index (Phi) is 5.14. The quantitative estimate of drug-likeness (QED) is 0.731. The van der Waals surface area contributed by atoms with Crippen LogP contribution in [0, 0.1) is 13.8 Å². The van der Waals surface area contributed by atoms with Gasteiger partial charge in [0.25, 0.3) is 0 Å². The Labute approximate surface area is 164 Å². The fourth-order valence-electron chi connectivity index (χ4n) is 3.88. The molecule has 7 nitrogen and oxygen atoms in total. The van der Waals surface area contributed by atoms with E-state index in [1.165, 1.54) is 5.56 Å². The van der Waals surface area contributed by atoms with Crippen LogP contribution in [0.2, 0.25) is 0 Å². The molecule has 1 aromatic carbocycles. The zero-order valence-electron chi connectivity index (χ0n) is 16.4. The Morgan fingerprint density at radius 2 is 1.96 bits per heavy atom. The van der Waals surface area contributed by atoms with E-state index < -0.39 is 0 Å². The van der Waals surface area contributed by atoms with Crippen molar-refractivity contribution in [2.45, 2.75) is 39.2 Å². The summed E-state index contributed by atoms with van der Waals surface area (Å²) in [5, 5.41) is 10.2. The zero-order valence-corrected chi connectivity index (χ0v) is 16.4. The number of likely N-dealkylation sites (tertiary alicyclic amines) is 1. The lowest BCUT2D eigenvalue weighted by Crippen LogP contribution is -2.43. The van der Waals surface area contributed by atoms with Crippen LogP contribution in [-0.4, -0.2) is 43.8 Å². The summed E-state index contributed by atoms with van der Waals surface area (Å²) in [7, 11) is 0. The van der Waals surface area contributed by atoms with Crippen molar-refractivity contribution in [1.82, 2.24) is 30.0 Å². The summed E-state index contributed by atoms with van der Waals surface area (Å²) in [6.45, 7) is 6.12. The minimum atomic E-state index is 0.0110. The lowest BCUT2D eigenvalue weighted by molar-refractivity contribution is 0.181. The van der Waals surface area contributed by atoms with E-state index in [0.717, 1.165) is 48.7 Å². The molecular weight excluding hydrogens is 352 g/mol. The van der Waals surface area contributed by atoms with E-state index >= 15 is 0 Å². The normalized spacial score (nSPS) is 15.0. The SMILES string of the molecule is Cc1[nH]ncc1C1CCN(C(=O)NCc2ccc(-n3ccnc3C)cc2)CC1. The largest absolute Gasteiger partial charge is 0.334 e. The first-order valence-corrected chi connectivity index (χ1v) is 9.73. The summed E-state index contributed by atoms with van der Waals surface area (Å²) < 4.78 is 2.04. The van der Waals surface area contributed by atoms with Gasteiger partial charge in [-0.1, -0.05) is 12.1 Å². The van der Waals surface area contributed by atoms with Crippen LogP contribution in [0.1, 0.15) is 41.4 Å². The van der Waals surface area contributed by atoms with Crippen LogP contribution in [0.5, 0.6) is 0 Å². The molecular formula is C21H26N6O. The summed E-state index contributed by atoms with van der Waals surface area (Å²) in [5.41, 5.74) is 4.57. The number of aromatic nitrogens is 4. The van der Waals surface area contributed by atoms with Gasteiger partial charge in [-0.2, -0.15) is 5.10 Å². The number of benzene rings is 1. The van der Waals surface area contributed by atoms with Crippen LogP contribution in [0.3, 0.4) is 0 Å². The van der Waals surface area contributed by atoms with Gasteiger partial charge in [0, 0.05) is 43.4 Å². The predicted molar refractivity (Wildman–Crippen MR) is 107 cm³/mol. The monoisotopic (exact) mass is 378 g/mol. The summed E-state index contributed by atoms with van der Waals surface area (Å²) in [6, 6.07) is 8.20. The maximum absolute atomic E-state index is 12.5. The predicted octanol–water partition coefficient (Wildman–Crippen LogP) is 3.30. The van der Waals surface area contributed by atoms with E-state index in [1.54, 1.807) is 6.20 Å². The topological polar surface area (TPSA) is 78.8 Å². The van der Waals surface area contributed by atoms with Crippen molar-refractivity contribution in [3.63, 3.8) is 0 Å². The van der Waals surface area contributed by atoms with E-state index in [0.29, 0.717) is 12.5 Å². The average molecular weight is 378 g/mol. The molecule has 1 aliphatic heterocycles. The van der Waals surface area contributed by atoms with Gasteiger partial charge in [0.15, 0.2) is 0 Å². The zero-order chi connectivity index (χ0) is 19.5. The number of rotatable bonds is 4. The summed E-state index contributed by atoms with van der Waals surface area (Å²) in [4.78, 5) is 18.7. The van der Waals surface area contributed by atoms with Gasteiger partial charge in [0.1, 0.15) is 5.82 Å². The second kappa shape index (κ2) is 7.88. The third kappa shape index (κ3) is 3.78. The van der Waals surface area contributed by atoms with Gasteiger partial charge in [-0.05, 0) is 55.9 Å². The van der Waals surface area contributed by atoms with Gasteiger partial charge in [-0.15, -0.1) is 0 Å². The molecule has 0 aliphatic carbocycles. The summed E-state index contributed by atoms with van der Waals surface area (Å²) >= 11 is 0. The van der Waals surface area contributed by atoms with Crippen LogP contribution >= 0.6 is 0 Å². The van der Waals surface area contributed by atoms with Crippen molar-refractivity contribution in [2.24, 2.45) is 0 Å². The summed E-state index contributed by atoms with van der Waals surface area (Å²) in [5.74, 6) is 1.44. The number of aromatic amines is 1. The molecule has 3 aromatic rings. The molecule has 4 rings (SSSR count). The highest BCUT2D eigenvalue weighted by Crippen LogP contribution is 2.29. The van der Waals surface area contributed by atoms with Crippen LogP contribution < -0.4 is 5.32 Å². The van der Waals surface area contributed by atoms with Crippen molar-refractivity contribution in [3.05, 3.63) is 65.5 Å². The Morgan fingerprint density at radius 3 is 2.57 bits per heavy atom. The molecule has 28 heavy (non-hydrogen) atoms. The molecule has 3 heterocycles. The van der Waals surface area contributed by atoms with E-state index in [-0.39, 0.29) is 6.03 Å². The Hall–Kier alpha value is -3.09. The van der Waals surface area contributed by atoms with Crippen molar-refractivity contribution >= 4 is 6.03 Å². The molecule has 0 unspecified atom stereocenters. The molecule has 0 radical (unpaired) electrons. The first-order chi connectivity index (χ1) is 13.6. The number of aryl methyl sites for hydroxylation is 2. The van der Waals surface area contributed by atoms with Gasteiger partial charge < -0.3 is 14.8 Å². The second-order valence-electron chi connectivity index (χ2n) is 7.38. The molecule has 1 saturated heterocycles. The molecule has 2 aromatic heterocycles. The number of imidazole rings is 1. The van der Waals surface area contributed by atoms with Gasteiger partial charge in [0.2, 0.25) is 0 Å². The van der Waals surface area contributed by atoms with Crippen molar-refractivity contribution < 1.29 is 4.79 Å². The molecule has 2 amide bonds. The number of hydrogen-bond acceptors (Lipinski definition) is 3. The van der Waals surface area contributed by atoms with Gasteiger partial charge >= 0.3 is 6.03 Å². The van der Waals surface area contributed by atoms with Gasteiger partial charge in [0.05, 0.1) is 6.20 Å². The molecule has 1 aliphatic rings. The summed E-state index contributed by atoms with van der Waals surface area (Å²) in [6.07, 6.45) is 7.62. The minimum absolute atomic E-state index is 0.0110. The number of carbonyl (C=O) groups excluding carboxylic acids is 1. The maximum atomic E-state index is 12.5. The molecule has 7 heteroatoms. The first kappa shape index (κ1) is 18.3. The van der Waals surface area contributed by atoms with E-state index in [4.69, 9.17) is 0 Å². The number of H-pyrrole nitrogens is 1. The molecule has 0 atom stereocenters. The van der Waals surface area contributed by atoms with Crippen LogP contribution in [0.4, 0.5) is 4.79 Å². The third-order valence-electron chi connectivity index (χ3n) is 5.57. The number of amides is 2. The number of nitrogens with one attached hydrogen (secondary N) is 2. The molecule has 1 fully saturated rings. The highest BCUT2D eigenvalue weighted by Gasteiger charge is 2.25. The molecule has 0 saturated carbocycles. The number of hydrogen-bond donors (Lipinski definition) is 2. The lowest BCUT2D eigenvalue weighted by atomic mass is 9.90. The van der Waals surface area contributed by atoms with Crippen LogP contribution in [0.25, 0.3) is 5.69 Å². The van der Waals surface area contributed by atoms with Crippen molar-refractivity contribution in [2.75, 3.05) is 13.1 Å². The highest BCUT2D eigenvalue weighted by molar-refractivity contribution is 5.74. The lowest BCUT2D eigenvalue weighted by Gasteiger charge is -2.32. The molecule has 0 spiro atoms. The smallest absolute Gasteiger partial charge is 0.317 e. The second-order valence-corrected chi connectivity index (χ2v) is 7.38. The fourth-order valence-corrected chi connectivity index (χ4v) is 3.88. The number of urea groups is 1. The molecule has 0 bridgehead atoms. The number of carbonyl (C=O) groups is 1. The Balaban J connectivity index is 1.28. The number of nitrogens with zero attached hydrogens (tertiary/aromatic N) is 4. The number of piperidine rings is 1. The van der Waals surface area contributed by atoms with E-state index in [1.807, 2.05) is 40.9 Å². The Morgan fingerprint density at radius 1 is 1.21 bits per heavy atom. The highest BCUT2D eigenvalue weighted by atomic mass is 16.2. The first-order valence-electron chi connectivity index (χ1n) is 9.73. The standard InChI is InChI=1S/C21H26N6O/c1-15-20(14-24-25-15)18-7-10-26(11-8-18)21(28)23-13-17-3-5-19(6-4-17)27-12-9-22-16(27)2/h3-6,9,12,14,18H,7-8,10-11,13H2,1-2H3,(H,23,28)(H,24,25). The maximum Gasteiger partial charge on any atom is 0.317 e.